The largest absolute Gasteiger partial charge is 0.372 e. The van der Waals surface area contributed by atoms with Crippen LogP contribution in [-0.4, -0.2) is 31.6 Å². The number of hydrogen-bond acceptors (Lipinski definition) is 3. The summed E-state index contributed by atoms with van der Waals surface area (Å²) in [5.74, 6) is 0.0568. The van der Waals surface area contributed by atoms with Crippen molar-refractivity contribution < 1.29 is 4.79 Å². The number of anilines is 2. The third-order valence-electron chi connectivity index (χ3n) is 3.74. The fourth-order valence-corrected chi connectivity index (χ4v) is 2.14. The molecule has 0 heterocycles. The van der Waals surface area contributed by atoms with Gasteiger partial charge < -0.3 is 15.5 Å². The van der Waals surface area contributed by atoms with Crippen molar-refractivity contribution in [1.82, 2.24) is 5.32 Å². The summed E-state index contributed by atoms with van der Waals surface area (Å²) in [4.78, 5) is 14.1. The summed E-state index contributed by atoms with van der Waals surface area (Å²) in [6.45, 7) is 11.2. The molecule has 1 atom stereocenters. The molecule has 0 saturated carbocycles. The van der Waals surface area contributed by atoms with Crippen molar-refractivity contribution in [2.75, 3.05) is 29.9 Å². The van der Waals surface area contributed by atoms with Crippen molar-refractivity contribution >= 4 is 17.3 Å². The molecular formula is C17H29N3O. The van der Waals surface area contributed by atoms with Gasteiger partial charge in [-0.25, -0.2) is 0 Å². The number of amides is 1. The predicted octanol–water partition coefficient (Wildman–Crippen LogP) is 3.25. The van der Waals surface area contributed by atoms with E-state index in [-0.39, 0.29) is 5.91 Å². The highest BCUT2D eigenvalue weighted by Crippen LogP contribution is 2.17. The highest BCUT2D eigenvalue weighted by Gasteiger charge is 2.05. The number of benzene rings is 1. The van der Waals surface area contributed by atoms with Gasteiger partial charge in [0.1, 0.15) is 0 Å². The Bertz CT molecular complexity index is 413. The van der Waals surface area contributed by atoms with Gasteiger partial charge in [-0.05, 0) is 51.5 Å². The molecule has 21 heavy (non-hydrogen) atoms. The molecule has 1 rings (SSSR count). The monoisotopic (exact) mass is 291 g/mol. The maximum Gasteiger partial charge on any atom is 0.225 e. The average Bonchev–Trinajstić information content (AvgIpc) is 2.50. The number of carbonyl (C=O) groups excluding carboxylic acids is 1. The zero-order valence-electron chi connectivity index (χ0n) is 13.8. The van der Waals surface area contributed by atoms with Gasteiger partial charge in [-0.3, -0.25) is 4.79 Å². The Morgan fingerprint density at radius 3 is 2.29 bits per heavy atom. The summed E-state index contributed by atoms with van der Waals surface area (Å²) in [6.07, 6.45) is 1.58. The van der Waals surface area contributed by atoms with Crippen LogP contribution in [0.15, 0.2) is 24.3 Å². The highest BCUT2D eigenvalue weighted by molar-refractivity contribution is 5.91. The Morgan fingerprint density at radius 2 is 1.76 bits per heavy atom. The summed E-state index contributed by atoms with van der Waals surface area (Å²) in [5.41, 5.74) is 2.05. The van der Waals surface area contributed by atoms with Crippen LogP contribution in [0.4, 0.5) is 11.4 Å². The minimum absolute atomic E-state index is 0.0568. The van der Waals surface area contributed by atoms with E-state index in [1.807, 2.05) is 12.1 Å². The lowest BCUT2D eigenvalue weighted by Crippen LogP contribution is -2.28. The third-order valence-corrected chi connectivity index (χ3v) is 3.74. The number of nitrogens with zero attached hydrogens (tertiary/aromatic N) is 1. The van der Waals surface area contributed by atoms with Crippen LogP contribution < -0.4 is 15.5 Å². The molecule has 1 aromatic carbocycles. The van der Waals surface area contributed by atoms with E-state index in [2.05, 4.69) is 55.4 Å². The first-order valence-electron chi connectivity index (χ1n) is 7.98. The molecule has 0 aliphatic rings. The first-order valence-corrected chi connectivity index (χ1v) is 7.98. The third kappa shape index (κ3) is 6.17. The number of rotatable bonds is 9. The van der Waals surface area contributed by atoms with Crippen LogP contribution >= 0.6 is 0 Å². The van der Waals surface area contributed by atoms with Crippen LogP contribution in [0.3, 0.4) is 0 Å². The van der Waals surface area contributed by atoms with Crippen molar-refractivity contribution in [2.24, 2.45) is 0 Å². The second-order valence-electron chi connectivity index (χ2n) is 5.28. The number of nitrogens with one attached hydrogen (secondary N) is 2. The van der Waals surface area contributed by atoms with Gasteiger partial charge in [-0.15, -0.1) is 0 Å². The Labute approximate surface area is 128 Å². The van der Waals surface area contributed by atoms with Crippen LogP contribution in [0.25, 0.3) is 0 Å². The van der Waals surface area contributed by atoms with Crippen molar-refractivity contribution in [3.05, 3.63) is 24.3 Å². The van der Waals surface area contributed by atoms with E-state index in [1.165, 1.54) is 5.69 Å². The predicted molar refractivity (Wildman–Crippen MR) is 91.0 cm³/mol. The molecule has 0 aliphatic heterocycles. The molecule has 2 N–H and O–H groups in total. The topological polar surface area (TPSA) is 44.4 Å². The standard InChI is InChI=1S/C17H29N3O/c1-5-14(4)18-13-12-17(21)19-15-8-10-16(11-9-15)20(6-2)7-3/h8-11,14,18H,5-7,12-13H2,1-4H3,(H,19,21). The van der Waals surface area contributed by atoms with Gasteiger partial charge in [0, 0.05) is 43.5 Å². The van der Waals surface area contributed by atoms with Gasteiger partial charge in [0.25, 0.3) is 0 Å². The number of hydrogen-bond donors (Lipinski definition) is 2. The fourth-order valence-electron chi connectivity index (χ4n) is 2.14. The maximum atomic E-state index is 11.9. The van der Waals surface area contributed by atoms with E-state index in [1.54, 1.807) is 0 Å². The van der Waals surface area contributed by atoms with Gasteiger partial charge in [-0.2, -0.15) is 0 Å². The summed E-state index contributed by atoms with van der Waals surface area (Å²) < 4.78 is 0. The Balaban J connectivity index is 2.42. The lowest BCUT2D eigenvalue weighted by Gasteiger charge is -2.21. The Morgan fingerprint density at radius 1 is 1.14 bits per heavy atom. The smallest absolute Gasteiger partial charge is 0.225 e. The second kappa shape index (κ2) is 9.40. The minimum Gasteiger partial charge on any atom is -0.372 e. The summed E-state index contributed by atoms with van der Waals surface area (Å²) in [7, 11) is 0. The lowest BCUT2D eigenvalue weighted by molar-refractivity contribution is -0.116. The molecule has 0 saturated heterocycles. The molecule has 1 amide bonds. The summed E-state index contributed by atoms with van der Waals surface area (Å²) >= 11 is 0. The summed E-state index contributed by atoms with van der Waals surface area (Å²) in [5, 5.41) is 6.26. The van der Waals surface area contributed by atoms with E-state index >= 15 is 0 Å². The molecule has 0 bridgehead atoms. The molecule has 4 nitrogen and oxygen atoms in total. The van der Waals surface area contributed by atoms with Crippen LogP contribution in [-0.2, 0) is 4.79 Å². The summed E-state index contributed by atoms with van der Waals surface area (Å²) in [6, 6.07) is 8.51. The van der Waals surface area contributed by atoms with Crippen LogP contribution in [0.2, 0.25) is 0 Å². The molecule has 0 radical (unpaired) electrons. The average molecular weight is 291 g/mol. The second-order valence-corrected chi connectivity index (χ2v) is 5.28. The van der Waals surface area contributed by atoms with Gasteiger partial charge >= 0.3 is 0 Å². The minimum atomic E-state index is 0.0568. The van der Waals surface area contributed by atoms with E-state index in [4.69, 9.17) is 0 Å². The lowest BCUT2D eigenvalue weighted by atomic mass is 10.2. The van der Waals surface area contributed by atoms with Crippen molar-refractivity contribution in [3.8, 4) is 0 Å². The van der Waals surface area contributed by atoms with E-state index < -0.39 is 0 Å². The molecule has 118 valence electrons. The quantitative estimate of drug-likeness (QED) is 0.734. The SMILES string of the molecule is CCC(C)NCCC(=O)Nc1ccc(N(CC)CC)cc1. The first kappa shape index (κ1) is 17.5. The van der Waals surface area contributed by atoms with Gasteiger partial charge in [0.15, 0.2) is 0 Å². The molecule has 1 aromatic rings. The molecule has 1 unspecified atom stereocenters. The van der Waals surface area contributed by atoms with Crippen LogP contribution in [0.1, 0.15) is 40.5 Å². The molecule has 0 spiro atoms. The fraction of sp³-hybridized carbons (Fsp3) is 0.588. The Kier molecular flexibility index (Phi) is 7.83. The zero-order chi connectivity index (χ0) is 15.7. The molecular weight excluding hydrogens is 262 g/mol. The van der Waals surface area contributed by atoms with Gasteiger partial charge in [0.05, 0.1) is 0 Å². The Hall–Kier alpha value is -1.55. The molecule has 0 aromatic heterocycles. The van der Waals surface area contributed by atoms with Crippen LogP contribution in [0, 0.1) is 0 Å². The highest BCUT2D eigenvalue weighted by atomic mass is 16.1. The van der Waals surface area contributed by atoms with Crippen molar-refractivity contribution in [2.45, 2.75) is 46.6 Å². The van der Waals surface area contributed by atoms with E-state index in [0.29, 0.717) is 12.5 Å². The van der Waals surface area contributed by atoms with Crippen LogP contribution in [0.5, 0.6) is 0 Å². The van der Waals surface area contributed by atoms with E-state index in [9.17, 15) is 4.79 Å². The van der Waals surface area contributed by atoms with Gasteiger partial charge in [-0.1, -0.05) is 6.92 Å². The van der Waals surface area contributed by atoms with Crippen molar-refractivity contribution in [1.29, 1.82) is 0 Å². The molecule has 0 fully saturated rings. The maximum absolute atomic E-state index is 11.9. The normalized spacial score (nSPS) is 12.0. The van der Waals surface area contributed by atoms with Crippen molar-refractivity contribution in [3.63, 3.8) is 0 Å². The van der Waals surface area contributed by atoms with E-state index in [0.717, 1.165) is 31.7 Å². The molecule has 0 aliphatic carbocycles. The zero-order valence-corrected chi connectivity index (χ0v) is 13.8. The number of carbonyl (C=O) groups is 1. The first-order chi connectivity index (χ1) is 10.1. The molecule has 4 heteroatoms. The van der Waals surface area contributed by atoms with Gasteiger partial charge in [0.2, 0.25) is 5.91 Å².